The Morgan fingerprint density at radius 2 is 2.29 bits per heavy atom. The fourth-order valence-corrected chi connectivity index (χ4v) is 0.387. The molecule has 2 N–H and O–H groups in total. The summed E-state index contributed by atoms with van der Waals surface area (Å²) in [4.78, 5) is 0. The van der Waals surface area contributed by atoms with E-state index in [0.29, 0.717) is 13.2 Å². The van der Waals surface area contributed by atoms with E-state index in [1.807, 2.05) is 6.07 Å². The zero-order valence-electron chi connectivity index (χ0n) is 3.85. The molecule has 1 heterocycles. The second-order valence-electron chi connectivity index (χ2n) is 1.76. The Hall–Kier alpha value is -0.590. The number of ether oxygens (including phenoxy) is 1. The Morgan fingerprint density at radius 1 is 1.71 bits per heavy atom. The van der Waals surface area contributed by atoms with Crippen LogP contribution in [-0.4, -0.2) is 18.8 Å². The first-order valence-electron chi connectivity index (χ1n) is 2.05. The van der Waals surface area contributed by atoms with Crippen molar-refractivity contribution < 1.29 is 4.74 Å². The maximum atomic E-state index is 8.19. The fourth-order valence-electron chi connectivity index (χ4n) is 0.387. The number of hydrogen-bond donors (Lipinski definition) is 1. The second-order valence-corrected chi connectivity index (χ2v) is 1.76. The molecule has 1 aliphatic rings. The lowest BCUT2D eigenvalue weighted by atomic mass is 10.0. The number of rotatable bonds is 0. The van der Waals surface area contributed by atoms with Crippen molar-refractivity contribution in [3.8, 4) is 6.07 Å². The van der Waals surface area contributed by atoms with Crippen molar-refractivity contribution >= 4 is 0 Å². The molecule has 3 heteroatoms. The molecule has 1 aliphatic heterocycles. The molecule has 7 heavy (non-hydrogen) atoms. The summed E-state index contributed by atoms with van der Waals surface area (Å²) in [6.07, 6.45) is 0. The Labute approximate surface area is 41.7 Å². The zero-order valence-corrected chi connectivity index (χ0v) is 3.85. The lowest BCUT2D eigenvalue weighted by Gasteiger charge is -2.30. The molecule has 3 nitrogen and oxygen atoms in total. The third-order valence-electron chi connectivity index (χ3n) is 0.942. The van der Waals surface area contributed by atoms with E-state index in [0.717, 1.165) is 0 Å². The first-order chi connectivity index (χ1) is 3.27. The summed E-state index contributed by atoms with van der Waals surface area (Å²) in [6, 6.07) is 1.93. The van der Waals surface area contributed by atoms with E-state index >= 15 is 0 Å². The molecular formula is C4H6N2O. The quantitative estimate of drug-likeness (QED) is 0.433. The van der Waals surface area contributed by atoms with Gasteiger partial charge < -0.3 is 10.5 Å². The van der Waals surface area contributed by atoms with Crippen molar-refractivity contribution in [2.75, 3.05) is 13.2 Å². The minimum atomic E-state index is -0.653. The minimum absolute atomic E-state index is 0.392. The highest BCUT2D eigenvalue weighted by Gasteiger charge is 2.33. The predicted molar refractivity (Wildman–Crippen MR) is 23.4 cm³/mol. The summed E-state index contributed by atoms with van der Waals surface area (Å²) in [5.41, 5.74) is 4.66. The van der Waals surface area contributed by atoms with Crippen LogP contribution in [0, 0.1) is 11.3 Å². The van der Waals surface area contributed by atoms with Crippen LogP contribution in [0.4, 0.5) is 0 Å². The van der Waals surface area contributed by atoms with Crippen molar-refractivity contribution in [3.05, 3.63) is 0 Å². The maximum Gasteiger partial charge on any atom is 0.151 e. The largest absolute Gasteiger partial charge is 0.375 e. The number of hydrogen-bond acceptors (Lipinski definition) is 3. The van der Waals surface area contributed by atoms with Gasteiger partial charge in [-0.05, 0) is 0 Å². The molecule has 0 unspecified atom stereocenters. The van der Waals surface area contributed by atoms with Crippen molar-refractivity contribution in [3.63, 3.8) is 0 Å². The molecule has 1 saturated heterocycles. The van der Waals surface area contributed by atoms with Crippen molar-refractivity contribution in [2.45, 2.75) is 5.54 Å². The van der Waals surface area contributed by atoms with Crippen LogP contribution >= 0.6 is 0 Å². The third kappa shape index (κ3) is 0.581. The lowest BCUT2D eigenvalue weighted by Crippen LogP contribution is -2.56. The molecule has 0 aromatic carbocycles. The molecule has 0 aromatic heterocycles. The fraction of sp³-hybridized carbons (Fsp3) is 0.750. The highest BCUT2D eigenvalue weighted by Crippen LogP contribution is 2.10. The van der Waals surface area contributed by atoms with Gasteiger partial charge in [0.2, 0.25) is 0 Å². The van der Waals surface area contributed by atoms with Gasteiger partial charge in [0.25, 0.3) is 0 Å². The van der Waals surface area contributed by atoms with Crippen LogP contribution in [0.15, 0.2) is 0 Å². The van der Waals surface area contributed by atoms with Crippen LogP contribution in [0.1, 0.15) is 0 Å². The molecule has 1 rings (SSSR count). The molecule has 0 aromatic rings. The van der Waals surface area contributed by atoms with E-state index in [1.165, 1.54) is 0 Å². The van der Waals surface area contributed by atoms with Gasteiger partial charge in [-0.15, -0.1) is 0 Å². The molecular weight excluding hydrogens is 92.1 g/mol. The summed E-state index contributed by atoms with van der Waals surface area (Å²) < 4.78 is 4.68. The van der Waals surface area contributed by atoms with Crippen LogP contribution in [0.5, 0.6) is 0 Å². The van der Waals surface area contributed by atoms with Crippen LogP contribution < -0.4 is 5.73 Å². The second kappa shape index (κ2) is 1.19. The van der Waals surface area contributed by atoms with Gasteiger partial charge in [-0.2, -0.15) is 5.26 Å². The monoisotopic (exact) mass is 98.0 g/mol. The molecule has 0 saturated carbocycles. The molecule has 0 atom stereocenters. The van der Waals surface area contributed by atoms with Gasteiger partial charge in [0.05, 0.1) is 19.3 Å². The summed E-state index contributed by atoms with van der Waals surface area (Å²) in [5.74, 6) is 0. The van der Waals surface area contributed by atoms with Gasteiger partial charge in [-0.3, -0.25) is 0 Å². The van der Waals surface area contributed by atoms with Crippen molar-refractivity contribution in [1.29, 1.82) is 5.26 Å². The average Bonchev–Trinajstić information content (AvgIpc) is 1.61. The van der Waals surface area contributed by atoms with Crippen molar-refractivity contribution in [2.24, 2.45) is 5.73 Å². The zero-order chi connectivity index (χ0) is 5.33. The highest BCUT2D eigenvalue weighted by molar-refractivity contribution is 5.09. The molecule has 0 aliphatic carbocycles. The van der Waals surface area contributed by atoms with Gasteiger partial charge in [0.1, 0.15) is 0 Å². The van der Waals surface area contributed by atoms with E-state index in [4.69, 9.17) is 11.0 Å². The van der Waals surface area contributed by atoms with E-state index in [1.54, 1.807) is 0 Å². The van der Waals surface area contributed by atoms with Crippen LogP contribution in [0.2, 0.25) is 0 Å². The van der Waals surface area contributed by atoms with Gasteiger partial charge >= 0.3 is 0 Å². The Kier molecular flexibility index (Phi) is 0.775. The topological polar surface area (TPSA) is 59.0 Å². The number of nitriles is 1. The van der Waals surface area contributed by atoms with E-state index in [9.17, 15) is 0 Å². The molecule has 0 spiro atoms. The summed E-state index contributed by atoms with van der Waals surface area (Å²) >= 11 is 0. The molecule has 0 radical (unpaired) electrons. The lowest BCUT2D eigenvalue weighted by molar-refractivity contribution is -0.0239. The molecule has 0 bridgehead atoms. The number of nitrogens with zero attached hydrogens (tertiary/aromatic N) is 1. The summed E-state index contributed by atoms with van der Waals surface area (Å²) in [7, 11) is 0. The van der Waals surface area contributed by atoms with Crippen molar-refractivity contribution in [1.82, 2.24) is 0 Å². The summed E-state index contributed by atoms with van der Waals surface area (Å²) in [5, 5.41) is 8.19. The van der Waals surface area contributed by atoms with Crippen LogP contribution in [0.3, 0.4) is 0 Å². The first kappa shape index (κ1) is 4.57. The van der Waals surface area contributed by atoms with E-state index in [-0.39, 0.29) is 0 Å². The Balaban J connectivity index is 2.48. The van der Waals surface area contributed by atoms with Gasteiger partial charge in [0.15, 0.2) is 5.54 Å². The van der Waals surface area contributed by atoms with Crippen LogP contribution in [0.25, 0.3) is 0 Å². The maximum absolute atomic E-state index is 8.19. The third-order valence-corrected chi connectivity index (χ3v) is 0.942. The smallest absolute Gasteiger partial charge is 0.151 e. The number of nitrogens with two attached hydrogens (primary N) is 1. The SMILES string of the molecule is N#CC1(N)COC1. The van der Waals surface area contributed by atoms with E-state index in [2.05, 4.69) is 4.74 Å². The summed E-state index contributed by atoms with van der Waals surface area (Å²) in [6.45, 7) is 0.785. The minimum Gasteiger partial charge on any atom is -0.375 e. The Morgan fingerprint density at radius 3 is 2.29 bits per heavy atom. The predicted octanol–water partition coefficient (Wildman–Crippen LogP) is -0.762. The average molecular weight is 98.1 g/mol. The molecule has 1 fully saturated rings. The highest BCUT2D eigenvalue weighted by atomic mass is 16.5. The van der Waals surface area contributed by atoms with Gasteiger partial charge in [0, 0.05) is 0 Å². The molecule has 0 amide bonds. The van der Waals surface area contributed by atoms with Gasteiger partial charge in [-0.25, -0.2) is 0 Å². The van der Waals surface area contributed by atoms with Gasteiger partial charge in [-0.1, -0.05) is 0 Å². The molecule has 38 valence electrons. The first-order valence-corrected chi connectivity index (χ1v) is 2.05. The standard InChI is InChI=1S/C4H6N2O/c5-1-4(6)2-7-3-4/h2-3,6H2. The Bertz CT molecular complexity index is 111. The van der Waals surface area contributed by atoms with Crippen LogP contribution in [-0.2, 0) is 4.74 Å². The normalized spacial score (nSPS) is 25.1. The van der Waals surface area contributed by atoms with E-state index < -0.39 is 5.54 Å².